The summed E-state index contributed by atoms with van der Waals surface area (Å²) < 4.78 is 4.25. The SMILES string of the molecule is COC.Cc1nc(Cl)cc(NC(c2ccccc2)(c2ccccc2)c2ccccc2)c1C(=N)C=O. The van der Waals surface area contributed by atoms with E-state index in [-0.39, 0.29) is 10.9 Å². The van der Waals surface area contributed by atoms with Gasteiger partial charge in [-0.25, -0.2) is 4.98 Å². The number of ether oxygens (including phenoxy) is 1. The van der Waals surface area contributed by atoms with E-state index in [0.717, 1.165) is 16.7 Å². The fourth-order valence-electron chi connectivity index (χ4n) is 4.12. The summed E-state index contributed by atoms with van der Waals surface area (Å²) in [6, 6.07) is 32.0. The van der Waals surface area contributed by atoms with Crippen molar-refractivity contribution in [3.05, 3.63) is 130 Å². The van der Waals surface area contributed by atoms with Gasteiger partial charge in [0.25, 0.3) is 0 Å². The molecule has 0 aliphatic rings. The zero-order chi connectivity index (χ0) is 25.3. The minimum atomic E-state index is -0.807. The Morgan fingerprint density at radius 1 is 0.886 bits per heavy atom. The molecule has 6 heteroatoms. The number of aryl methyl sites for hydroxylation is 1. The lowest BCUT2D eigenvalue weighted by Crippen LogP contribution is -2.38. The highest BCUT2D eigenvalue weighted by molar-refractivity contribution is 6.37. The largest absolute Gasteiger partial charge is 0.388 e. The van der Waals surface area contributed by atoms with Crippen molar-refractivity contribution in [3.8, 4) is 0 Å². The first-order valence-corrected chi connectivity index (χ1v) is 11.4. The van der Waals surface area contributed by atoms with Gasteiger partial charge in [-0.1, -0.05) is 103 Å². The predicted molar refractivity (Wildman–Crippen MR) is 143 cm³/mol. The molecule has 0 unspecified atom stereocenters. The van der Waals surface area contributed by atoms with Crippen LogP contribution in [0.4, 0.5) is 5.69 Å². The minimum Gasteiger partial charge on any atom is -0.388 e. The molecule has 3 aromatic carbocycles. The molecule has 0 aliphatic carbocycles. The third-order valence-electron chi connectivity index (χ3n) is 5.50. The Hall–Kier alpha value is -3.80. The summed E-state index contributed by atoms with van der Waals surface area (Å²) in [7, 11) is 3.25. The second-order valence-corrected chi connectivity index (χ2v) is 8.25. The van der Waals surface area contributed by atoms with Gasteiger partial charge in [-0.2, -0.15) is 0 Å². The molecule has 0 amide bonds. The Labute approximate surface area is 211 Å². The molecule has 0 atom stereocenters. The first kappa shape index (κ1) is 25.8. The summed E-state index contributed by atoms with van der Waals surface area (Å²) in [4.78, 5) is 15.8. The Bertz CT molecular complexity index is 1170. The Morgan fingerprint density at radius 2 is 1.29 bits per heavy atom. The van der Waals surface area contributed by atoms with Crippen LogP contribution in [-0.2, 0) is 15.1 Å². The maximum absolute atomic E-state index is 11.6. The standard InChI is InChI=1S/C27H22ClN3O.C2H6O/c1-19-26(23(29)18-32)24(17-25(28)30-19)31-27(20-11-5-2-6-12-20,21-13-7-3-8-14-21)22-15-9-4-10-16-22;1-3-2/h2-18,29H,1H3,(H,30,31);1-2H3. The number of pyridine rings is 1. The molecular formula is C29H28ClN3O2. The van der Waals surface area contributed by atoms with E-state index in [4.69, 9.17) is 17.0 Å². The van der Waals surface area contributed by atoms with Crippen LogP contribution in [0, 0.1) is 12.3 Å². The van der Waals surface area contributed by atoms with Crippen LogP contribution in [0.5, 0.6) is 0 Å². The number of carbonyl (C=O) groups is 1. The number of nitrogens with one attached hydrogen (secondary N) is 2. The molecule has 5 nitrogen and oxygen atoms in total. The van der Waals surface area contributed by atoms with E-state index in [0.29, 0.717) is 23.2 Å². The third-order valence-corrected chi connectivity index (χ3v) is 5.69. The van der Waals surface area contributed by atoms with Gasteiger partial charge >= 0.3 is 0 Å². The molecular weight excluding hydrogens is 458 g/mol. The van der Waals surface area contributed by atoms with Crippen LogP contribution in [0.1, 0.15) is 27.9 Å². The highest BCUT2D eigenvalue weighted by atomic mass is 35.5. The second-order valence-electron chi connectivity index (χ2n) is 7.87. The van der Waals surface area contributed by atoms with Crippen molar-refractivity contribution < 1.29 is 9.53 Å². The van der Waals surface area contributed by atoms with E-state index < -0.39 is 5.54 Å². The number of carbonyl (C=O) groups excluding carboxylic acids is 1. The summed E-state index contributed by atoms with van der Waals surface area (Å²) in [5, 5.41) is 12.2. The molecule has 0 saturated carbocycles. The van der Waals surface area contributed by atoms with Gasteiger partial charge in [0.1, 0.15) is 16.4 Å². The third kappa shape index (κ3) is 5.65. The average molecular weight is 486 g/mol. The molecule has 35 heavy (non-hydrogen) atoms. The molecule has 0 fully saturated rings. The Morgan fingerprint density at radius 3 is 1.66 bits per heavy atom. The summed E-state index contributed by atoms with van der Waals surface area (Å²) in [6.45, 7) is 1.75. The van der Waals surface area contributed by atoms with Gasteiger partial charge in [0.2, 0.25) is 0 Å². The Balaban J connectivity index is 0.00000108. The minimum absolute atomic E-state index is 0.155. The van der Waals surface area contributed by atoms with E-state index in [2.05, 4.69) is 51.4 Å². The molecule has 2 N–H and O–H groups in total. The maximum atomic E-state index is 11.6. The zero-order valence-corrected chi connectivity index (χ0v) is 20.7. The van der Waals surface area contributed by atoms with Gasteiger partial charge in [-0.05, 0) is 29.7 Å². The number of methoxy groups -OCH3 is 1. The number of halogens is 1. The fourth-order valence-corrected chi connectivity index (χ4v) is 4.35. The van der Waals surface area contributed by atoms with Gasteiger partial charge < -0.3 is 10.1 Å². The fraction of sp³-hybridized carbons (Fsp3) is 0.138. The van der Waals surface area contributed by atoms with Crippen LogP contribution in [-0.4, -0.2) is 31.2 Å². The Kier molecular flexibility index (Phi) is 8.90. The highest BCUT2D eigenvalue weighted by Gasteiger charge is 2.37. The summed E-state index contributed by atoms with van der Waals surface area (Å²) in [6.07, 6.45) is 0.526. The van der Waals surface area contributed by atoms with Gasteiger partial charge in [-0.15, -0.1) is 0 Å². The second kappa shape index (κ2) is 12.1. The lowest BCUT2D eigenvalue weighted by atomic mass is 9.76. The lowest BCUT2D eigenvalue weighted by molar-refractivity contribution is -0.102. The first-order valence-electron chi connectivity index (χ1n) is 11.0. The first-order chi connectivity index (χ1) is 17.0. The smallest absolute Gasteiger partial charge is 0.168 e. The van der Waals surface area contributed by atoms with Crippen LogP contribution in [0.25, 0.3) is 0 Å². The highest BCUT2D eigenvalue weighted by Crippen LogP contribution is 2.41. The molecule has 0 spiro atoms. The average Bonchev–Trinajstić information content (AvgIpc) is 2.88. The quantitative estimate of drug-likeness (QED) is 0.140. The number of benzene rings is 3. The summed E-state index contributed by atoms with van der Waals surface area (Å²) in [5.41, 5.74) is 3.56. The van der Waals surface area contributed by atoms with E-state index in [1.165, 1.54) is 0 Å². The van der Waals surface area contributed by atoms with E-state index in [1.54, 1.807) is 27.2 Å². The lowest BCUT2D eigenvalue weighted by Gasteiger charge is -2.38. The maximum Gasteiger partial charge on any atom is 0.168 e. The van der Waals surface area contributed by atoms with Crippen LogP contribution in [0.3, 0.4) is 0 Å². The van der Waals surface area contributed by atoms with Crippen molar-refractivity contribution in [1.29, 1.82) is 5.41 Å². The molecule has 4 aromatic rings. The number of aromatic nitrogens is 1. The molecule has 0 radical (unpaired) electrons. The zero-order valence-electron chi connectivity index (χ0n) is 20.0. The van der Waals surface area contributed by atoms with Crippen molar-refractivity contribution >= 4 is 29.3 Å². The molecule has 0 bridgehead atoms. The van der Waals surface area contributed by atoms with Gasteiger partial charge in [-0.3, -0.25) is 10.2 Å². The van der Waals surface area contributed by atoms with Gasteiger partial charge in [0.05, 0.1) is 5.69 Å². The van der Waals surface area contributed by atoms with Crippen molar-refractivity contribution in [1.82, 2.24) is 4.98 Å². The normalized spacial score (nSPS) is 10.6. The molecule has 1 heterocycles. The van der Waals surface area contributed by atoms with Crippen molar-refractivity contribution in [2.24, 2.45) is 0 Å². The van der Waals surface area contributed by atoms with Crippen LogP contribution >= 0.6 is 11.6 Å². The number of anilines is 1. The van der Waals surface area contributed by atoms with Crippen LogP contribution < -0.4 is 5.32 Å². The number of hydrogen-bond acceptors (Lipinski definition) is 5. The molecule has 1 aromatic heterocycles. The monoisotopic (exact) mass is 485 g/mol. The van der Waals surface area contributed by atoms with E-state index >= 15 is 0 Å². The topological polar surface area (TPSA) is 75.1 Å². The molecule has 0 saturated heterocycles. The number of nitrogens with zero attached hydrogens (tertiary/aromatic N) is 1. The summed E-state index contributed by atoms with van der Waals surface area (Å²) >= 11 is 6.33. The predicted octanol–water partition coefficient (Wildman–Crippen LogP) is 6.28. The molecule has 4 rings (SSSR count). The van der Waals surface area contributed by atoms with E-state index in [1.807, 2.05) is 54.6 Å². The van der Waals surface area contributed by atoms with Crippen molar-refractivity contribution in [3.63, 3.8) is 0 Å². The van der Waals surface area contributed by atoms with Crippen LogP contribution in [0.2, 0.25) is 5.15 Å². The summed E-state index contributed by atoms with van der Waals surface area (Å²) in [5.74, 6) is 0. The number of rotatable bonds is 7. The van der Waals surface area contributed by atoms with Gasteiger partial charge in [0, 0.05) is 25.5 Å². The van der Waals surface area contributed by atoms with E-state index in [9.17, 15) is 4.79 Å². The number of hydrogen-bond donors (Lipinski definition) is 2. The van der Waals surface area contributed by atoms with Crippen LogP contribution in [0.15, 0.2) is 97.1 Å². The number of aldehydes is 1. The molecule has 0 aliphatic heterocycles. The van der Waals surface area contributed by atoms with Crippen molar-refractivity contribution in [2.45, 2.75) is 12.5 Å². The molecule has 178 valence electrons. The van der Waals surface area contributed by atoms with Crippen molar-refractivity contribution in [2.75, 3.05) is 19.5 Å². The van der Waals surface area contributed by atoms with Gasteiger partial charge in [0.15, 0.2) is 6.29 Å².